The van der Waals surface area contributed by atoms with Crippen molar-refractivity contribution in [1.82, 2.24) is 0 Å². The summed E-state index contributed by atoms with van der Waals surface area (Å²) in [6.45, 7) is 3.91. The van der Waals surface area contributed by atoms with Gasteiger partial charge in [0.25, 0.3) is 0 Å². The normalized spacial score (nSPS) is 13.8. The number of ether oxygens (including phenoxy) is 1. The van der Waals surface area contributed by atoms with Crippen molar-refractivity contribution in [2.45, 2.75) is 13.3 Å². The zero-order chi connectivity index (χ0) is 8.39. The number of fused-ring (bicyclic) bond motifs is 1. The molecule has 0 radical (unpaired) electrons. The van der Waals surface area contributed by atoms with Crippen molar-refractivity contribution in [3.63, 3.8) is 0 Å². The molecule has 0 aliphatic carbocycles. The zero-order valence-electron chi connectivity index (χ0n) is 7.26. The van der Waals surface area contributed by atoms with E-state index < -0.39 is 0 Å². The van der Waals surface area contributed by atoms with Crippen molar-refractivity contribution < 1.29 is 4.74 Å². The molecule has 1 aromatic carbocycles. The maximum atomic E-state index is 5.40. The van der Waals surface area contributed by atoms with Gasteiger partial charge in [0.05, 0.1) is 6.61 Å². The van der Waals surface area contributed by atoms with Crippen LogP contribution in [0.3, 0.4) is 0 Å². The molecule has 0 bridgehead atoms. The highest BCUT2D eigenvalue weighted by Crippen LogP contribution is 2.27. The van der Waals surface area contributed by atoms with Crippen molar-refractivity contribution in [2.24, 2.45) is 0 Å². The Kier molecular flexibility index (Phi) is 1.90. The third-order valence-electron chi connectivity index (χ3n) is 2.07. The minimum Gasteiger partial charge on any atom is -0.493 e. The summed E-state index contributed by atoms with van der Waals surface area (Å²) in [5, 5.41) is 3.28. The van der Waals surface area contributed by atoms with Crippen LogP contribution in [0.2, 0.25) is 0 Å². The van der Waals surface area contributed by atoms with E-state index in [1.54, 1.807) is 0 Å². The molecule has 0 amide bonds. The number of rotatable bonds is 2. The summed E-state index contributed by atoms with van der Waals surface area (Å²) in [4.78, 5) is 0. The van der Waals surface area contributed by atoms with Crippen LogP contribution >= 0.6 is 0 Å². The minimum atomic E-state index is 0.838. The summed E-state index contributed by atoms with van der Waals surface area (Å²) in [6, 6.07) is 6.28. The van der Waals surface area contributed by atoms with Gasteiger partial charge in [-0.2, -0.15) is 0 Å². The average molecular weight is 163 g/mol. The van der Waals surface area contributed by atoms with Crippen LogP contribution in [0.4, 0.5) is 5.69 Å². The lowest BCUT2D eigenvalue weighted by Crippen LogP contribution is -1.96. The molecular weight excluding hydrogens is 150 g/mol. The first-order valence-corrected chi connectivity index (χ1v) is 4.40. The van der Waals surface area contributed by atoms with Crippen LogP contribution in [0.25, 0.3) is 0 Å². The van der Waals surface area contributed by atoms with Crippen molar-refractivity contribution in [3.8, 4) is 5.75 Å². The number of anilines is 1. The number of nitrogens with one attached hydrogen (secondary N) is 1. The van der Waals surface area contributed by atoms with Crippen molar-refractivity contribution in [3.05, 3.63) is 23.8 Å². The van der Waals surface area contributed by atoms with E-state index in [-0.39, 0.29) is 0 Å². The Bertz CT molecular complexity index is 283. The van der Waals surface area contributed by atoms with Crippen molar-refractivity contribution >= 4 is 5.69 Å². The first kappa shape index (κ1) is 7.47. The highest BCUT2D eigenvalue weighted by molar-refractivity contribution is 5.52. The Morgan fingerprint density at radius 3 is 3.25 bits per heavy atom. The molecule has 0 unspecified atom stereocenters. The zero-order valence-corrected chi connectivity index (χ0v) is 7.26. The summed E-state index contributed by atoms with van der Waals surface area (Å²) < 4.78 is 5.40. The Balaban J connectivity index is 2.26. The molecule has 1 aromatic rings. The van der Waals surface area contributed by atoms with Gasteiger partial charge in [0.1, 0.15) is 5.75 Å². The lowest BCUT2D eigenvalue weighted by Gasteiger charge is -2.04. The molecule has 1 heterocycles. The molecule has 1 N–H and O–H groups in total. The SMILES string of the molecule is CCNc1ccc2c(c1)CCO2. The van der Waals surface area contributed by atoms with Gasteiger partial charge in [0.2, 0.25) is 0 Å². The molecule has 64 valence electrons. The van der Waals surface area contributed by atoms with Gasteiger partial charge in [-0.05, 0) is 30.7 Å². The van der Waals surface area contributed by atoms with Crippen molar-refractivity contribution in [1.29, 1.82) is 0 Å². The van der Waals surface area contributed by atoms with Gasteiger partial charge in [-0.15, -0.1) is 0 Å². The molecule has 2 rings (SSSR count). The molecule has 0 fully saturated rings. The predicted molar refractivity (Wildman–Crippen MR) is 49.8 cm³/mol. The van der Waals surface area contributed by atoms with E-state index in [1.807, 2.05) is 6.07 Å². The molecule has 0 saturated heterocycles. The number of hydrogen-bond donors (Lipinski definition) is 1. The predicted octanol–water partition coefficient (Wildman–Crippen LogP) is 2.05. The van der Waals surface area contributed by atoms with Crippen LogP contribution in [0.15, 0.2) is 18.2 Å². The van der Waals surface area contributed by atoms with Crippen LogP contribution in [-0.4, -0.2) is 13.2 Å². The minimum absolute atomic E-state index is 0.838. The Hall–Kier alpha value is -1.18. The third kappa shape index (κ3) is 1.24. The second-order valence-corrected chi connectivity index (χ2v) is 2.95. The molecule has 0 spiro atoms. The molecule has 0 atom stereocenters. The third-order valence-corrected chi connectivity index (χ3v) is 2.07. The van der Waals surface area contributed by atoms with Gasteiger partial charge >= 0.3 is 0 Å². The highest BCUT2D eigenvalue weighted by Gasteiger charge is 2.11. The first-order valence-electron chi connectivity index (χ1n) is 4.40. The quantitative estimate of drug-likeness (QED) is 0.720. The molecule has 0 saturated carbocycles. The monoisotopic (exact) mass is 163 g/mol. The summed E-state index contributed by atoms with van der Waals surface area (Å²) in [7, 11) is 0. The number of benzene rings is 1. The van der Waals surface area contributed by atoms with E-state index in [4.69, 9.17) is 4.74 Å². The van der Waals surface area contributed by atoms with Gasteiger partial charge in [-0.1, -0.05) is 0 Å². The van der Waals surface area contributed by atoms with E-state index in [1.165, 1.54) is 11.3 Å². The summed E-state index contributed by atoms with van der Waals surface area (Å²) in [5.41, 5.74) is 2.52. The fourth-order valence-corrected chi connectivity index (χ4v) is 1.50. The molecule has 2 nitrogen and oxygen atoms in total. The van der Waals surface area contributed by atoms with E-state index >= 15 is 0 Å². The van der Waals surface area contributed by atoms with Crippen LogP contribution in [0.1, 0.15) is 12.5 Å². The maximum absolute atomic E-state index is 5.40. The van der Waals surface area contributed by atoms with E-state index in [9.17, 15) is 0 Å². The van der Waals surface area contributed by atoms with Crippen LogP contribution in [0, 0.1) is 0 Å². The summed E-state index contributed by atoms with van der Waals surface area (Å²) >= 11 is 0. The van der Waals surface area contributed by atoms with Crippen LogP contribution < -0.4 is 10.1 Å². The van der Waals surface area contributed by atoms with E-state index in [2.05, 4.69) is 24.4 Å². The Labute approximate surface area is 72.5 Å². The van der Waals surface area contributed by atoms with Gasteiger partial charge in [-0.3, -0.25) is 0 Å². The standard InChI is InChI=1S/C10H13NO/c1-2-11-9-3-4-10-8(7-9)5-6-12-10/h3-4,7,11H,2,5-6H2,1H3. The summed E-state index contributed by atoms with van der Waals surface area (Å²) in [6.07, 6.45) is 1.05. The smallest absolute Gasteiger partial charge is 0.122 e. The maximum Gasteiger partial charge on any atom is 0.122 e. The topological polar surface area (TPSA) is 21.3 Å². The van der Waals surface area contributed by atoms with Gasteiger partial charge < -0.3 is 10.1 Å². The lowest BCUT2D eigenvalue weighted by molar-refractivity contribution is 0.357. The first-order chi connectivity index (χ1) is 5.90. The molecule has 1 aliphatic heterocycles. The average Bonchev–Trinajstić information content (AvgIpc) is 2.51. The van der Waals surface area contributed by atoms with Gasteiger partial charge in [-0.25, -0.2) is 0 Å². The fraction of sp³-hybridized carbons (Fsp3) is 0.400. The molecular formula is C10H13NO. The van der Waals surface area contributed by atoms with Crippen LogP contribution in [0.5, 0.6) is 5.75 Å². The number of hydrogen-bond acceptors (Lipinski definition) is 2. The van der Waals surface area contributed by atoms with E-state index in [0.717, 1.165) is 25.3 Å². The Morgan fingerprint density at radius 2 is 2.42 bits per heavy atom. The van der Waals surface area contributed by atoms with E-state index in [0.29, 0.717) is 0 Å². The van der Waals surface area contributed by atoms with Crippen LogP contribution in [-0.2, 0) is 6.42 Å². The fourth-order valence-electron chi connectivity index (χ4n) is 1.50. The lowest BCUT2D eigenvalue weighted by atomic mass is 10.1. The molecule has 2 heteroatoms. The van der Waals surface area contributed by atoms with Gasteiger partial charge in [0.15, 0.2) is 0 Å². The summed E-state index contributed by atoms with van der Waals surface area (Å²) in [5.74, 6) is 1.05. The molecule has 0 aromatic heterocycles. The van der Waals surface area contributed by atoms with Crippen molar-refractivity contribution in [2.75, 3.05) is 18.5 Å². The Morgan fingerprint density at radius 1 is 1.50 bits per heavy atom. The largest absolute Gasteiger partial charge is 0.493 e. The second-order valence-electron chi connectivity index (χ2n) is 2.95. The van der Waals surface area contributed by atoms with Gasteiger partial charge in [0, 0.05) is 18.7 Å². The molecule has 1 aliphatic rings. The second kappa shape index (κ2) is 3.05. The molecule has 12 heavy (non-hydrogen) atoms. The highest BCUT2D eigenvalue weighted by atomic mass is 16.5.